The lowest BCUT2D eigenvalue weighted by Gasteiger charge is -2.20. The molecule has 0 heterocycles. The van der Waals surface area contributed by atoms with Crippen molar-refractivity contribution in [3.8, 4) is 0 Å². The smallest absolute Gasteiger partial charge is 0.305 e. The molecule has 2 unspecified atom stereocenters. The number of esters is 1. The number of unbranched alkanes of at least 4 members (excludes halogenated alkanes) is 59. The van der Waals surface area contributed by atoms with E-state index < -0.39 is 12.1 Å². The van der Waals surface area contributed by atoms with Gasteiger partial charge in [0.2, 0.25) is 5.91 Å². The largest absolute Gasteiger partial charge is 0.466 e. The average Bonchev–Trinajstić information content (AvgIpc) is 3.46. The molecule has 1 amide bonds. The zero-order valence-corrected chi connectivity index (χ0v) is 54.6. The van der Waals surface area contributed by atoms with Crippen LogP contribution in [-0.2, 0) is 14.3 Å². The molecule has 0 aliphatic rings. The van der Waals surface area contributed by atoms with Gasteiger partial charge in [0.1, 0.15) is 0 Å². The zero-order chi connectivity index (χ0) is 57.8. The molecule has 0 rings (SSSR count). The maximum atomic E-state index is 12.5. The first-order chi connectivity index (χ1) is 39.5. The van der Waals surface area contributed by atoms with E-state index in [1.165, 1.54) is 360 Å². The number of allylic oxidation sites excluding steroid dienone is 1. The molecule has 0 saturated carbocycles. The van der Waals surface area contributed by atoms with Crippen molar-refractivity contribution in [2.24, 2.45) is 0 Å². The minimum Gasteiger partial charge on any atom is -0.466 e. The van der Waals surface area contributed by atoms with Crippen LogP contribution in [0.4, 0.5) is 0 Å². The van der Waals surface area contributed by atoms with Crippen molar-refractivity contribution >= 4 is 11.9 Å². The maximum Gasteiger partial charge on any atom is 0.305 e. The van der Waals surface area contributed by atoms with Crippen LogP contribution in [0.15, 0.2) is 12.2 Å². The highest BCUT2D eigenvalue weighted by atomic mass is 16.5. The third kappa shape index (κ3) is 65.7. The molecule has 6 nitrogen and oxygen atoms in total. The van der Waals surface area contributed by atoms with Crippen molar-refractivity contribution in [1.29, 1.82) is 0 Å². The first-order valence-electron chi connectivity index (χ1n) is 37.0. The summed E-state index contributed by atoms with van der Waals surface area (Å²) in [5.74, 6) is -0.0368. The van der Waals surface area contributed by atoms with Crippen molar-refractivity contribution < 1.29 is 24.5 Å². The van der Waals surface area contributed by atoms with E-state index in [-0.39, 0.29) is 18.5 Å². The minimum absolute atomic E-state index is 0.0231. The molecule has 0 aliphatic heterocycles. The summed E-state index contributed by atoms with van der Waals surface area (Å²) in [6.45, 7) is 4.96. The summed E-state index contributed by atoms with van der Waals surface area (Å²) >= 11 is 0. The molecule has 6 heteroatoms. The summed E-state index contributed by atoms with van der Waals surface area (Å²) in [7, 11) is 0. The Morgan fingerprint density at radius 2 is 0.575 bits per heavy atom. The number of amides is 1. The fraction of sp³-hybridized carbons (Fsp3) is 0.946. The predicted octanol–water partition coefficient (Wildman–Crippen LogP) is 23.9. The summed E-state index contributed by atoms with van der Waals surface area (Å²) in [6.07, 6.45) is 87.4. The maximum absolute atomic E-state index is 12.5. The van der Waals surface area contributed by atoms with E-state index >= 15 is 0 Å². The molecule has 0 spiro atoms. The molecule has 0 bridgehead atoms. The van der Waals surface area contributed by atoms with Crippen LogP contribution in [0.2, 0.25) is 0 Å². The van der Waals surface area contributed by atoms with E-state index in [0.717, 1.165) is 38.5 Å². The van der Waals surface area contributed by atoms with Crippen LogP contribution in [0, 0.1) is 0 Å². The summed E-state index contributed by atoms with van der Waals surface area (Å²) in [5, 5.41) is 23.2. The second-order valence-electron chi connectivity index (χ2n) is 25.6. The summed E-state index contributed by atoms with van der Waals surface area (Å²) in [4.78, 5) is 24.6. The number of aliphatic hydroxyl groups is 2. The van der Waals surface area contributed by atoms with E-state index in [1.807, 2.05) is 6.08 Å². The SMILES string of the molecule is CCCCCCCCCCCCCCCCCCC/C=C/C(O)C(CO)NC(=O)CCCCCCCCCCCCCCCCCCCCCCCCCCCCCCCOC(=O)CCCCCCCCCCCCCCCCC. The van der Waals surface area contributed by atoms with Gasteiger partial charge in [-0.3, -0.25) is 9.59 Å². The van der Waals surface area contributed by atoms with Gasteiger partial charge in [0.05, 0.1) is 25.4 Å². The number of hydrogen-bond donors (Lipinski definition) is 3. The number of hydrogen-bond acceptors (Lipinski definition) is 5. The topological polar surface area (TPSA) is 95.9 Å². The molecular formula is C74H145NO5. The normalized spacial score (nSPS) is 12.5. The first-order valence-corrected chi connectivity index (χ1v) is 37.0. The van der Waals surface area contributed by atoms with Crippen molar-refractivity contribution in [2.75, 3.05) is 13.2 Å². The van der Waals surface area contributed by atoms with Gasteiger partial charge < -0.3 is 20.3 Å². The Labute approximate surface area is 501 Å². The second-order valence-corrected chi connectivity index (χ2v) is 25.6. The molecule has 0 aromatic heterocycles. The molecule has 476 valence electrons. The van der Waals surface area contributed by atoms with E-state index in [0.29, 0.717) is 19.4 Å². The lowest BCUT2D eigenvalue weighted by Crippen LogP contribution is -2.45. The third-order valence-electron chi connectivity index (χ3n) is 17.6. The molecule has 2 atom stereocenters. The Bertz CT molecular complexity index is 1210. The monoisotopic (exact) mass is 1130 g/mol. The van der Waals surface area contributed by atoms with Gasteiger partial charge in [0, 0.05) is 12.8 Å². The average molecular weight is 1130 g/mol. The fourth-order valence-corrected chi connectivity index (χ4v) is 11.9. The molecular weight excluding hydrogens is 983 g/mol. The van der Waals surface area contributed by atoms with Crippen LogP contribution in [-0.4, -0.2) is 47.4 Å². The fourth-order valence-electron chi connectivity index (χ4n) is 11.9. The van der Waals surface area contributed by atoms with Gasteiger partial charge in [0.15, 0.2) is 0 Å². The van der Waals surface area contributed by atoms with Crippen molar-refractivity contribution in [2.45, 2.75) is 437 Å². The lowest BCUT2D eigenvalue weighted by atomic mass is 10.0. The van der Waals surface area contributed by atoms with Crippen molar-refractivity contribution in [1.82, 2.24) is 5.32 Å². The molecule has 0 saturated heterocycles. The Morgan fingerprint density at radius 1 is 0.338 bits per heavy atom. The van der Waals surface area contributed by atoms with E-state index in [2.05, 4.69) is 19.2 Å². The van der Waals surface area contributed by atoms with Crippen LogP contribution in [0.1, 0.15) is 425 Å². The first kappa shape index (κ1) is 78.6. The number of ether oxygens (including phenoxy) is 1. The Balaban J connectivity index is 3.35. The standard InChI is InChI=1S/C74H145NO5/c1-3-5-7-9-11-13-15-17-19-20-32-35-39-42-46-50-54-58-62-66-72(77)71(70-76)75-73(78)67-63-59-55-51-47-43-40-36-33-30-28-26-24-22-21-23-25-27-29-31-34-37-41-45-49-53-57-61-65-69-80-74(79)68-64-60-56-52-48-44-38-18-16-14-12-10-8-6-4-2/h62,66,71-72,76-77H,3-61,63-65,67-70H2,1-2H3,(H,75,78)/b66-62+. The highest BCUT2D eigenvalue weighted by Gasteiger charge is 2.18. The highest BCUT2D eigenvalue weighted by Crippen LogP contribution is 2.20. The van der Waals surface area contributed by atoms with Gasteiger partial charge in [-0.15, -0.1) is 0 Å². The Kier molecular flexibility index (Phi) is 68.9. The number of nitrogens with one attached hydrogen (secondary N) is 1. The van der Waals surface area contributed by atoms with Crippen LogP contribution < -0.4 is 5.32 Å². The van der Waals surface area contributed by atoms with Gasteiger partial charge in [0.25, 0.3) is 0 Å². The molecule has 0 aromatic rings. The quantitative estimate of drug-likeness (QED) is 0.0320. The number of carbonyl (C=O) groups excluding carboxylic acids is 2. The Morgan fingerprint density at radius 3 is 0.850 bits per heavy atom. The van der Waals surface area contributed by atoms with Crippen LogP contribution in [0.5, 0.6) is 0 Å². The summed E-state index contributed by atoms with van der Waals surface area (Å²) in [6, 6.07) is -0.625. The van der Waals surface area contributed by atoms with Crippen molar-refractivity contribution in [3.05, 3.63) is 12.2 Å². The minimum atomic E-state index is -0.842. The zero-order valence-electron chi connectivity index (χ0n) is 54.6. The predicted molar refractivity (Wildman–Crippen MR) is 352 cm³/mol. The molecule has 3 N–H and O–H groups in total. The molecule has 0 aliphatic carbocycles. The lowest BCUT2D eigenvalue weighted by molar-refractivity contribution is -0.143. The van der Waals surface area contributed by atoms with Crippen molar-refractivity contribution in [3.63, 3.8) is 0 Å². The number of rotatable bonds is 70. The van der Waals surface area contributed by atoms with Crippen LogP contribution in [0.3, 0.4) is 0 Å². The van der Waals surface area contributed by atoms with Crippen LogP contribution >= 0.6 is 0 Å². The number of carbonyl (C=O) groups is 2. The molecule has 80 heavy (non-hydrogen) atoms. The molecule has 0 fully saturated rings. The van der Waals surface area contributed by atoms with Gasteiger partial charge in [-0.2, -0.15) is 0 Å². The van der Waals surface area contributed by atoms with E-state index in [9.17, 15) is 19.8 Å². The van der Waals surface area contributed by atoms with Crippen LogP contribution in [0.25, 0.3) is 0 Å². The molecule has 0 aromatic carbocycles. The molecule has 0 radical (unpaired) electrons. The summed E-state index contributed by atoms with van der Waals surface area (Å²) < 4.78 is 5.50. The Hall–Kier alpha value is -1.40. The van der Waals surface area contributed by atoms with Gasteiger partial charge in [-0.25, -0.2) is 0 Å². The summed E-state index contributed by atoms with van der Waals surface area (Å²) in [5.41, 5.74) is 0. The second kappa shape index (κ2) is 70.1. The van der Waals surface area contributed by atoms with Gasteiger partial charge >= 0.3 is 5.97 Å². The third-order valence-corrected chi connectivity index (χ3v) is 17.6. The van der Waals surface area contributed by atoms with Gasteiger partial charge in [-0.1, -0.05) is 392 Å². The van der Waals surface area contributed by atoms with Gasteiger partial charge in [-0.05, 0) is 32.1 Å². The van der Waals surface area contributed by atoms with E-state index in [1.54, 1.807) is 6.08 Å². The number of aliphatic hydroxyl groups excluding tert-OH is 2. The highest BCUT2D eigenvalue weighted by molar-refractivity contribution is 5.76. The van der Waals surface area contributed by atoms with E-state index in [4.69, 9.17) is 4.74 Å².